The smallest absolute Gasteiger partial charge is 0.225 e. The molecule has 0 aliphatic heterocycles. The van der Waals surface area contributed by atoms with E-state index < -0.39 is 0 Å². The lowest BCUT2D eigenvalue weighted by molar-refractivity contribution is -0.132. The van der Waals surface area contributed by atoms with E-state index >= 15 is 0 Å². The molecule has 3 rings (SSSR count). The fourth-order valence-electron chi connectivity index (χ4n) is 2.76. The Kier molecular flexibility index (Phi) is 6.09. The Balaban J connectivity index is 1.70. The van der Waals surface area contributed by atoms with Gasteiger partial charge < -0.3 is 4.90 Å². The molecule has 26 heavy (non-hydrogen) atoms. The number of aromatic nitrogens is 4. The topological polar surface area (TPSA) is 63.9 Å². The van der Waals surface area contributed by atoms with Crippen LogP contribution < -0.4 is 0 Å². The van der Waals surface area contributed by atoms with Crippen LogP contribution in [0.1, 0.15) is 30.0 Å². The molecule has 0 aliphatic carbocycles. The summed E-state index contributed by atoms with van der Waals surface area (Å²) >= 11 is 0. The molecule has 0 aliphatic rings. The second kappa shape index (κ2) is 8.89. The maximum atomic E-state index is 12.8. The standard InChI is InChI=1S/C20H23N5O/c1-2-17-5-7-18(8-6-17)13-24(14-19-4-3-10-21-12-19)20(26)9-11-25-16-22-15-23-25/h3-8,10,12,15-16H,2,9,11,13-14H2,1H3. The van der Waals surface area contributed by atoms with Gasteiger partial charge in [0.05, 0.1) is 6.54 Å². The lowest BCUT2D eigenvalue weighted by Gasteiger charge is -2.23. The SMILES string of the molecule is CCc1ccc(CN(Cc2cccnc2)C(=O)CCn2cncn2)cc1. The first kappa shape index (κ1) is 17.8. The number of nitrogens with zero attached hydrogens (tertiary/aromatic N) is 5. The van der Waals surface area contributed by atoms with Gasteiger partial charge in [-0.15, -0.1) is 0 Å². The predicted octanol–water partition coefficient (Wildman–Crippen LogP) is 2.85. The Morgan fingerprint density at radius 2 is 1.81 bits per heavy atom. The molecule has 0 radical (unpaired) electrons. The van der Waals surface area contributed by atoms with E-state index in [9.17, 15) is 4.79 Å². The van der Waals surface area contributed by atoms with Gasteiger partial charge in [0.15, 0.2) is 0 Å². The van der Waals surface area contributed by atoms with E-state index in [0.29, 0.717) is 26.1 Å². The average Bonchev–Trinajstić information content (AvgIpc) is 3.20. The first-order valence-corrected chi connectivity index (χ1v) is 8.81. The quantitative estimate of drug-likeness (QED) is 0.627. The molecule has 6 heteroatoms. The Labute approximate surface area is 153 Å². The van der Waals surface area contributed by atoms with Crippen LogP contribution >= 0.6 is 0 Å². The van der Waals surface area contributed by atoms with Crippen molar-refractivity contribution < 1.29 is 4.79 Å². The minimum absolute atomic E-state index is 0.0870. The molecule has 0 fully saturated rings. The van der Waals surface area contributed by atoms with Crippen LogP contribution in [0.5, 0.6) is 0 Å². The zero-order valence-corrected chi connectivity index (χ0v) is 15.0. The van der Waals surface area contributed by atoms with Gasteiger partial charge in [0.2, 0.25) is 5.91 Å². The molecule has 2 aromatic heterocycles. The van der Waals surface area contributed by atoms with Crippen LogP contribution in [0.4, 0.5) is 0 Å². The summed E-state index contributed by atoms with van der Waals surface area (Å²) in [6.07, 6.45) is 8.05. The van der Waals surface area contributed by atoms with E-state index in [2.05, 4.69) is 46.3 Å². The van der Waals surface area contributed by atoms with Crippen molar-refractivity contribution in [3.05, 3.63) is 78.1 Å². The van der Waals surface area contributed by atoms with Crippen molar-refractivity contribution in [1.29, 1.82) is 0 Å². The van der Waals surface area contributed by atoms with Crippen LogP contribution in [0.2, 0.25) is 0 Å². The number of aryl methyl sites for hydroxylation is 2. The molecule has 3 aromatic rings. The Morgan fingerprint density at radius 1 is 1.04 bits per heavy atom. The van der Waals surface area contributed by atoms with Crippen LogP contribution in [0, 0.1) is 0 Å². The number of pyridine rings is 1. The van der Waals surface area contributed by atoms with Gasteiger partial charge in [-0.25, -0.2) is 4.98 Å². The molecule has 1 aromatic carbocycles. The molecule has 2 heterocycles. The van der Waals surface area contributed by atoms with Crippen LogP contribution in [-0.2, 0) is 30.8 Å². The van der Waals surface area contributed by atoms with Crippen molar-refractivity contribution in [2.45, 2.75) is 39.4 Å². The summed E-state index contributed by atoms with van der Waals surface area (Å²) < 4.78 is 1.68. The highest BCUT2D eigenvalue weighted by molar-refractivity contribution is 5.76. The number of carbonyl (C=O) groups excluding carboxylic acids is 1. The molecule has 0 spiro atoms. The molecule has 0 N–H and O–H groups in total. The third-order valence-corrected chi connectivity index (χ3v) is 4.27. The highest BCUT2D eigenvalue weighted by Gasteiger charge is 2.15. The van der Waals surface area contributed by atoms with Crippen LogP contribution in [0.15, 0.2) is 61.4 Å². The lowest BCUT2D eigenvalue weighted by atomic mass is 10.1. The number of carbonyl (C=O) groups is 1. The highest BCUT2D eigenvalue weighted by Crippen LogP contribution is 2.13. The van der Waals surface area contributed by atoms with Crippen LogP contribution in [0.3, 0.4) is 0 Å². The van der Waals surface area contributed by atoms with Crippen molar-refractivity contribution in [2.75, 3.05) is 0 Å². The molecule has 6 nitrogen and oxygen atoms in total. The van der Waals surface area contributed by atoms with Crippen LogP contribution in [-0.4, -0.2) is 30.6 Å². The maximum Gasteiger partial charge on any atom is 0.225 e. The minimum atomic E-state index is 0.0870. The number of hydrogen-bond donors (Lipinski definition) is 0. The van der Waals surface area contributed by atoms with Crippen molar-refractivity contribution >= 4 is 5.91 Å². The molecule has 0 bridgehead atoms. The van der Waals surface area contributed by atoms with Gasteiger partial charge in [-0.2, -0.15) is 5.10 Å². The predicted molar refractivity (Wildman–Crippen MR) is 99.0 cm³/mol. The van der Waals surface area contributed by atoms with Gasteiger partial charge in [0.1, 0.15) is 12.7 Å². The fraction of sp³-hybridized carbons (Fsp3) is 0.300. The summed E-state index contributed by atoms with van der Waals surface area (Å²) in [5.41, 5.74) is 3.44. The van der Waals surface area contributed by atoms with Gasteiger partial charge >= 0.3 is 0 Å². The van der Waals surface area contributed by atoms with Gasteiger partial charge in [0.25, 0.3) is 0 Å². The van der Waals surface area contributed by atoms with E-state index in [4.69, 9.17) is 0 Å². The summed E-state index contributed by atoms with van der Waals surface area (Å²) in [5.74, 6) is 0.0870. The monoisotopic (exact) mass is 349 g/mol. The summed E-state index contributed by atoms with van der Waals surface area (Å²) in [6, 6.07) is 12.3. The second-order valence-corrected chi connectivity index (χ2v) is 6.19. The van der Waals surface area contributed by atoms with Crippen LogP contribution in [0.25, 0.3) is 0 Å². The van der Waals surface area contributed by atoms with E-state index in [1.807, 2.05) is 17.0 Å². The summed E-state index contributed by atoms with van der Waals surface area (Å²) in [4.78, 5) is 22.8. The van der Waals surface area contributed by atoms with Gasteiger partial charge in [-0.05, 0) is 29.2 Å². The average molecular weight is 349 g/mol. The zero-order valence-electron chi connectivity index (χ0n) is 15.0. The molecule has 0 saturated heterocycles. The Bertz CT molecular complexity index is 800. The third-order valence-electron chi connectivity index (χ3n) is 4.27. The van der Waals surface area contributed by atoms with E-state index in [-0.39, 0.29) is 5.91 Å². The van der Waals surface area contributed by atoms with E-state index in [1.165, 1.54) is 11.9 Å². The molecular formula is C20H23N5O. The summed E-state index contributed by atoms with van der Waals surface area (Å²) in [6.45, 7) is 3.78. The largest absolute Gasteiger partial charge is 0.334 e. The van der Waals surface area contributed by atoms with Crippen molar-refractivity contribution in [3.63, 3.8) is 0 Å². The molecular weight excluding hydrogens is 326 g/mol. The minimum Gasteiger partial charge on any atom is -0.334 e. The van der Waals surface area contributed by atoms with E-state index in [1.54, 1.807) is 23.4 Å². The Hall–Kier alpha value is -3.02. The lowest BCUT2D eigenvalue weighted by Crippen LogP contribution is -2.31. The second-order valence-electron chi connectivity index (χ2n) is 6.19. The van der Waals surface area contributed by atoms with Crippen molar-refractivity contribution in [2.24, 2.45) is 0 Å². The van der Waals surface area contributed by atoms with Crippen molar-refractivity contribution in [3.8, 4) is 0 Å². The molecule has 0 atom stereocenters. The number of rotatable bonds is 8. The first-order chi connectivity index (χ1) is 12.7. The third kappa shape index (κ3) is 4.99. The molecule has 0 unspecified atom stereocenters. The van der Waals surface area contributed by atoms with Gasteiger partial charge in [0, 0.05) is 31.9 Å². The zero-order chi connectivity index (χ0) is 18.2. The molecule has 0 saturated carbocycles. The van der Waals surface area contributed by atoms with Gasteiger partial charge in [-0.3, -0.25) is 14.5 Å². The summed E-state index contributed by atoms with van der Waals surface area (Å²) in [5, 5.41) is 4.06. The molecule has 134 valence electrons. The Morgan fingerprint density at radius 3 is 2.46 bits per heavy atom. The normalized spacial score (nSPS) is 10.7. The number of benzene rings is 1. The maximum absolute atomic E-state index is 12.8. The fourth-order valence-corrected chi connectivity index (χ4v) is 2.76. The number of hydrogen-bond acceptors (Lipinski definition) is 4. The first-order valence-electron chi connectivity index (χ1n) is 8.81. The molecule has 1 amide bonds. The van der Waals surface area contributed by atoms with Crippen molar-refractivity contribution in [1.82, 2.24) is 24.6 Å². The summed E-state index contributed by atoms with van der Waals surface area (Å²) in [7, 11) is 0. The number of amides is 1. The van der Waals surface area contributed by atoms with E-state index in [0.717, 1.165) is 17.5 Å². The van der Waals surface area contributed by atoms with Gasteiger partial charge in [-0.1, -0.05) is 37.3 Å². The highest BCUT2D eigenvalue weighted by atomic mass is 16.2.